The van der Waals surface area contributed by atoms with E-state index in [4.69, 9.17) is 8.94 Å². The van der Waals surface area contributed by atoms with Crippen LogP contribution in [0.5, 0.6) is 0 Å². The predicted octanol–water partition coefficient (Wildman–Crippen LogP) is 4.80. The molecule has 0 aliphatic heterocycles. The van der Waals surface area contributed by atoms with Crippen molar-refractivity contribution in [1.29, 1.82) is 0 Å². The second kappa shape index (κ2) is 8.56. The highest BCUT2D eigenvalue weighted by atomic mass is 16.5. The van der Waals surface area contributed by atoms with Crippen molar-refractivity contribution in [3.8, 4) is 11.4 Å². The Morgan fingerprint density at radius 2 is 1.79 bits per heavy atom. The Morgan fingerprint density at radius 1 is 1.00 bits per heavy atom. The summed E-state index contributed by atoms with van der Waals surface area (Å²) in [6.07, 6.45) is 2.23. The normalized spacial score (nSPS) is 10.8. The molecule has 0 aliphatic rings. The Balaban J connectivity index is 1.45. The Labute approximate surface area is 168 Å². The van der Waals surface area contributed by atoms with Crippen LogP contribution in [0.1, 0.15) is 23.6 Å². The summed E-state index contributed by atoms with van der Waals surface area (Å²) in [6, 6.07) is 21.1. The lowest BCUT2D eigenvalue weighted by Crippen LogP contribution is -2.30. The minimum absolute atomic E-state index is 0.0392. The molecule has 6 nitrogen and oxygen atoms in total. The fourth-order valence-electron chi connectivity index (χ4n) is 3.01. The fourth-order valence-corrected chi connectivity index (χ4v) is 3.01. The SMILES string of the molecule is Cc1ccc(-c2noc(CCC(=O)N(Cc3ccco3)c3ccccc3)n2)cc1. The molecule has 0 bridgehead atoms. The van der Waals surface area contributed by atoms with Crippen molar-refractivity contribution in [3.05, 3.63) is 90.2 Å². The number of para-hydroxylation sites is 1. The number of hydrogen-bond acceptors (Lipinski definition) is 5. The summed E-state index contributed by atoms with van der Waals surface area (Å²) in [5.74, 6) is 1.66. The summed E-state index contributed by atoms with van der Waals surface area (Å²) < 4.78 is 10.8. The van der Waals surface area contributed by atoms with E-state index in [1.165, 1.54) is 5.56 Å². The summed E-state index contributed by atoms with van der Waals surface area (Å²) in [5.41, 5.74) is 2.88. The fraction of sp³-hybridized carbons (Fsp3) is 0.174. The summed E-state index contributed by atoms with van der Waals surface area (Å²) in [4.78, 5) is 19.1. The predicted molar refractivity (Wildman–Crippen MR) is 109 cm³/mol. The summed E-state index contributed by atoms with van der Waals surface area (Å²) >= 11 is 0. The lowest BCUT2D eigenvalue weighted by Gasteiger charge is -2.21. The molecule has 2 aromatic carbocycles. The zero-order valence-corrected chi connectivity index (χ0v) is 16.1. The second-order valence-electron chi connectivity index (χ2n) is 6.77. The number of carbonyl (C=O) groups is 1. The minimum Gasteiger partial charge on any atom is -0.467 e. The molecule has 0 saturated heterocycles. The van der Waals surface area contributed by atoms with E-state index >= 15 is 0 Å². The van der Waals surface area contributed by atoms with Crippen LogP contribution < -0.4 is 4.90 Å². The first kappa shape index (κ1) is 18.7. The number of furan rings is 1. The van der Waals surface area contributed by atoms with Crippen molar-refractivity contribution in [2.45, 2.75) is 26.3 Å². The average molecular weight is 387 g/mol. The molecule has 6 heteroatoms. The number of hydrogen-bond donors (Lipinski definition) is 0. The number of rotatable bonds is 7. The smallest absolute Gasteiger partial charge is 0.227 e. The van der Waals surface area contributed by atoms with E-state index in [2.05, 4.69) is 10.1 Å². The number of carbonyl (C=O) groups excluding carboxylic acids is 1. The molecule has 2 heterocycles. The van der Waals surface area contributed by atoms with Crippen LogP contribution in [-0.2, 0) is 17.8 Å². The van der Waals surface area contributed by atoms with Gasteiger partial charge in [0.15, 0.2) is 0 Å². The Hall–Kier alpha value is -3.67. The Morgan fingerprint density at radius 3 is 2.52 bits per heavy atom. The molecule has 0 unspecified atom stereocenters. The van der Waals surface area contributed by atoms with Gasteiger partial charge in [-0.1, -0.05) is 53.2 Å². The molecule has 2 aromatic heterocycles. The molecule has 4 rings (SSSR count). The van der Waals surface area contributed by atoms with E-state index in [-0.39, 0.29) is 12.3 Å². The molecule has 0 spiro atoms. The zero-order valence-electron chi connectivity index (χ0n) is 16.1. The molecule has 29 heavy (non-hydrogen) atoms. The molecular formula is C23H21N3O3. The lowest BCUT2D eigenvalue weighted by molar-refractivity contribution is -0.118. The second-order valence-corrected chi connectivity index (χ2v) is 6.77. The average Bonchev–Trinajstić information content (AvgIpc) is 3.44. The summed E-state index contributed by atoms with van der Waals surface area (Å²) in [6.45, 7) is 2.40. The van der Waals surface area contributed by atoms with Gasteiger partial charge in [0.25, 0.3) is 0 Å². The zero-order chi connectivity index (χ0) is 20.1. The third-order valence-corrected chi connectivity index (χ3v) is 4.59. The highest BCUT2D eigenvalue weighted by Gasteiger charge is 2.19. The number of aromatic nitrogens is 2. The molecule has 0 saturated carbocycles. The van der Waals surface area contributed by atoms with Crippen LogP contribution in [-0.4, -0.2) is 16.0 Å². The van der Waals surface area contributed by atoms with E-state index in [9.17, 15) is 4.79 Å². The van der Waals surface area contributed by atoms with Gasteiger partial charge < -0.3 is 13.8 Å². The van der Waals surface area contributed by atoms with Gasteiger partial charge in [0.1, 0.15) is 5.76 Å². The highest BCUT2D eigenvalue weighted by molar-refractivity contribution is 5.93. The van der Waals surface area contributed by atoms with Crippen molar-refractivity contribution in [2.75, 3.05) is 4.90 Å². The third kappa shape index (κ3) is 4.60. The largest absolute Gasteiger partial charge is 0.467 e. The monoisotopic (exact) mass is 387 g/mol. The molecule has 0 N–H and O–H groups in total. The van der Waals surface area contributed by atoms with E-state index in [1.807, 2.05) is 73.7 Å². The van der Waals surface area contributed by atoms with Gasteiger partial charge in [0.05, 0.1) is 12.8 Å². The first-order valence-electron chi connectivity index (χ1n) is 9.46. The van der Waals surface area contributed by atoms with Crippen molar-refractivity contribution < 1.29 is 13.7 Å². The van der Waals surface area contributed by atoms with Gasteiger partial charge in [-0.05, 0) is 31.2 Å². The molecular weight excluding hydrogens is 366 g/mol. The van der Waals surface area contributed by atoms with Crippen molar-refractivity contribution in [2.24, 2.45) is 0 Å². The van der Waals surface area contributed by atoms with Gasteiger partial charge in [-0.15, -0.1) is 0 Å². The van der Waals surface area contributed by atoms with Crippen LogP contribution in [0.25, 0.3) is 11.4 Å². The highest BCUT2D eigenvalue weighted by Crippen LogP contribution is 2.20. The third-order valence-electron chi connectivity index (χ3n) is 4.59. The Bertz CT molecular complexity index is 1050. The van der Waals surface area contributed by atoms with Gasteiger partial charge in [-0.3, -0.25) is 4.79 Å². The number of nitrogens with zero attached hydrogens (tertiary/aromatic N) is 3. The van der Waals surface area contributed by atoms with Gasteiger partial charge in [0, 0.05) is 24.1 Å². The van der Waals surface area contributed by atoms with Crippen molar-refractivity contribution in [1.82, 2.24) is 10.1 Å². The maximum absolute atomic E-state index is 13.0. The van der Waals surface area contributed by atoms with Crippen LogP contribution in [0.3, 0.4) is 0 Å². The Kier molecular flexibility index (Phi) is 5.52. The number of anilines is 1. The topological polar surface area (TPSA) is 72.4 Å². The van der Waals surface area contributed by atoms with E-state index < -0.39 is 0 Å². The van der Waals surface area contributed by atoms with Crippen molar-refractivity contribution in [3.63, 3.8) is 0 Å². The van der Waals surface area contributed by atoms with Crippen LogP contribution in [0.4, 0.5) is 5.69 Å². The van der Waals surface area contributed by atoms with Gasteiger partial charge in [0.2, 0.25) is 17.6 Å². The quantitative estimate of drug-likeness (QED) is 0.455. The minimum atomic E-state index is -0.0392. The van der Waals surface area contributed by atoms with Crippen LogP contribution in [0, 0.1) is 6.92 Å². The summed E-state index contributed by atoms with van der Waals surface area (Å²) in [5, 5.41) is 4.03. The number of benzene rings is 2. The van der Waals surface area contributed by atoms with Gasteiger partial charge in [-0.2, -0.15) is 4.98 Å². The maximum atomic E-state index is 13.0. The van der Waals surface area contributed by atoms with Crippen LogP contribution in [0.15, 0.2) is 81.9 Å². The molecule has 0 fully saturated rings. The molecule has 0 aliphatic carbocycles. The lowest BCUT2D eigenvalue weighted by atomic mass is 10.1. The maximum Gasteiger partial charge on any atom is 0.227 e. The van der Waals surface area contributed by atoms with Gasteiger partial charge >= 0.3 is 0 Å². The standard InChI is InChI=1S/C23H21N3O3/c1-17-9-11-18(12-10-17)23-24-21(29-25-23)13-14-22(27)26(16-20-8-5-15-28-20)19-6-3-2-4-7-19/h2-12,15H,13-14,16H2,1H3. The van der Waals surface area contributed by atoms with Gasteiger partial charge in [-0.25, -0.2) is 0 Å². The van der Waals surface area contributed by atoms with E-state index in [0.29, 0.717) is 24.7 Å². The molecule has 4 aromatic rings. The van der Waals surface area contributed by atoms with Crippen LogP contribution in [0.2, 0.25) is 0 Å². The van der Waals surface area contributed by atoms with E-state index in [1.54, 1.807) is 11.2 Å². The van der Waals surface area contributed by atoms with Crippen LogP contribution >= 0.6 is 0 Å². The first-order valence-corrected chi connectivity index (χ1v) is 9.46. The first-order chi connectivity index (χ1) is 14.2. The molecule has 0 radical (unpaired) electrons. The van der Waals surface area contributed by atoms with E-state index in [0.717, 1.165) is 17.0 Å². The number of aryl methyl sites for hydroxylation is 2. The molecule has 146 valence electrons. The van der Waals surface area contributed by atoms with Crippen molar-refractivity contribution >= 4 is 11.6 Å². The molecule has 0 atom stereocenters. The molecule has 1 amide bonds. The summed E-state index contributed by atoms with van der Waals surface area (Å²) in [7, 11) is 0. The number of amides is 1.